The zero-order valence-electron chi connectivity index (χ0n) is 17.6. The smallest absolute Gasteiger partial charge is 0.197 e. The van der Waals surface area contributed by atoms with Crippen molar-refractivity contribution in [3.63, 3.8) is 0 Å². The highest BCUT2D eigenvalue weighted by Crippen LogP contribution is 2.50. The second-order valence-corrected chi connectivity index (χ2v) is 9.52. The molecule has 2 aromatic carbocycles. The highest BCUT2D eigenvalue weighted by molar-refractivity contribution is 5.89. The summed E-state index contributed by atoms with van der Waals surface area (Å²) in [7, 11) is 0. The molecule has 2 aliphatic rings. The second-order valence-electron chi connectivity index (χ2n) is 9.52. The minimum Gasteiger partial charge on any atom is -0.507 e. The number of hydrogen-bond acceptors (Lipinski definition) is 6. The van der Waals surface area contributed by atoms with Crippen molar-refractivity contribution in [3.8, 4) is 34.3 Å². The van der Waals surface area contributed by atoms with E-state index in [1.807, 2.05) is 0 Å². The fourth-order valence-corrected chi connectivity index (χ4v) is 5.39. The maximum absolute atomic E-state index is 13.0. The van der Waals surface area contributed by atoms with E-state index in [2.05, 4.69) is 13.8 Å². The van der Waals surface area contributed by atoms with Crippen LogP contribution in [-0.4, -0.2) is 21.9 Å². The van der Waals surface area contributed by atoms with Gasteiger partial charge in [-0.3, -0.25) is 4.79 Å². The number of rotatable bonds is 1. The van der Waals surface area contributed by atoms with Crippen LogP contribution in [0.5, 0.6) is 23.0 Å². The van der Waals surface area contributed by atoms with Gasteiger partial charge in [-0.2, -0.15) is 0 Å². The molecular weight excluding hydrogens is 396 g/mol. The Morgan fingerprint density at radius 2 is 1.84 bits per heavy atom. The van der Waals surface area contributed by atoms with Crippen LogP contribution in [0.4, 0.5) is 0 Å². The molecule has 0 bridgehead atoms. The van der Waals surface area contributed by atoms with Crippen LogP contribution < -0.4 is 10.2 Å². The van der Waals surface area contributed by atoms with Crippen LogP contribution >= 0.6 is 0 Å². The molecule has 1 aliphatic carbocycles. The van der Waals surface area contributed by atoms with Gasteiger partial charge in [0.1, 0.15) is 28.2 Å². The number of aromatic hydroxyl groups is 3. The molecule has 1 fully saturated rings. The van der Waals surface area contributed by atoms with E-state index in [0.717, 1.165) is 18.4 Å². The van der Waals surface area contributed by atoms with E-state index in [1.165, 1.54) is 30.7 Å². The molecule has 2 heterocycles. The van der Waals surface area contributed by atoms with Crippen LogP contribution in [0.15, 0.2) is 39.5 Å². The van der Waals surface area contributed by atoms with Gasteiger partial charge < -0.3 is 24.5 Å². The van der Waals surface area contributed by atoms with E-state index in [-0.39, 0.29) is 39.2 Å². The molecule has 6 heteroatoms. The topological polar surface area (TPSA) is 100 Å². The fraction of sp³-hybridized carbons (Fsp3) is 0.400. The van der Waals surface area contributed by atoms with Gasteiger partial charge in [0.25, 0.3) is 0 Å². The van der Waals surface area contributed by atoms with Gasteiger partial charge in [0.15, 0.2) is 16.9 Å². The molecule has 31 heavy (non-hydrogen) atoms. The maximum Gasteiger partial charge on any atom is 0.197 e. The van der Waals surface area contributed by atoms with E-state index >= 15 is 0 Å². The van der Waals surface area contributed by atoms with E-state index in [1.54, 1.807) is 6.07 Å². The van der Waals surface area contributed by atoms with Gasteiger partial charge in [-0.25, -0.2) is 0 Å². The number of fused-ring (bicyclic) bond motifs is 4. The number of ether oxygens (including phenoxy) is 1. The summed E-state index contributed by atoms with van der Waals surface area (Å²) in [5, 5.41) is 30.2. The summed E-state index contributed by atoms with van der Waals surface area (Å²) in [6.07, 6.45) is 4.12. The Balaban J connectivity index is 1.73. The summed E-state index contributed by atoms with van der Waals surface area (Å²) < 4.78 is 12.3. The van der Waals surface area contributed by atoms with Crippen molar-refractivity contribution in [1.29, 1.82) is 0 Å². The Kier molecular flexibility index (Phi) is 4.43. The maximum atomic E-state index is 13.0. The Hall–Kier alpha value is -3.15. The third-order valence-corrected chi connectivity index (χ3v) is 7.15. The summed E-state index contributed by atoms with van der Waals surface area (Å²) in [4.78, 5) is 13.0. The highest BCUT2D eigenvalue weighted by atomic mass is 16.5. The van der Waals surface area contributed by atoms with Crippen LogP contribution in [0.1, 0.15) is 38.7 Å². The molecule has 3 aromatic rings. The molecule has 0 radical (unpaired) electrons. The van der Waals surface area contributed by atoms with Crippen LogP contribution in [0.25, 0.3) is 22.3 Å². The molecule has 3 N–H and O–H groups in total. The average molecular weight is 422 g/mol. The van der Waals surface area contributed by atoms with E-state index in [4.69, 9.17) is 9.15 Å². The predicted octanol–water partition coefficient (Wildman–Crippen LogP) is 4.95. The molecule has 162 valence electrons. The van der Waals surface area contributed by atoms with Crippen molar-refractivity contribution in [3.05, 3.63) is 46.1 Å². The predicted molar refractivity (Wildman–Crippen MR) is 117 cm³/mol. The van der Waals surface area contributed by atoms with Crippen molar-refractivity contribution in [2.45, 2.75) is 39.5 Å². The number of phenolic OH excluding ortho intramolecular Hbond substituents is 3. The summed E-state index contributed by atoms with van der Waals surface area (Å²) >= 11 is 0. The largest absolute Gasteiger partial charge is 0.507 e. The molecule has 0 amide bonds. The standard InChI is InChI=1S/C25H26O6/c1-25(2)7-3-4-14-12-30-22-11-20(29)23-19(28)10-21(13-5-6-17(26)18(27)8-13)31-24(23)15(22)9-16(14)25/h5-6,8,10-11,14,16,26-27,29H,3-4,7,9,12H2,1-2H3/t14-,16-/m1/s1. The number of benzene rings is 2. The van der Waals surface area contributed by atoms with Gasteiger partial charge in [-0.15, -0.1) is 0 Å². The Morgan fingerprint density at radius 1 is 1.03 bits per heavy atom. The first-order chi connectivity index (χ1) is 14.7. The third-order valence-electron chi connectivity index (χ3n) is 7.15. The fourth-order valence-electron chi connectivity index (χ4n) is 5.39. The lowest BCUT2D eigenvalue weighted by Gasteiger charge is -2.43. The minimum atomic E-state index is -0.368. The molecular formula is C25H26O6. The molecule has 0 spiro atoms. The van der Waals surface area contributed by atoms with Gasteiger partial charge in [-0.1, -0.05) is 20.3 Å². The van der Waals surface area contributed by atoms with Crippen LogP contribution in [0.2, 0.25) is 0 Å². The Bertz CT molecular complexity index is 1240. The first kappa shape index (κ1) is 19.8. The van der Waals surface area contributed by atoms with Crippen molar-refractivity contribution in [1.82, 2.24) is 0 Å². The Labute approximate surface area is 179 Å². The lowest BCUT2D eigenvalue weighted by molar-refractivity contribution is 0.0535. The van der Waals surface area contributed by atoms with Gasteiger partial charge >= 0.3 is 0 Å². The summed E-state index contributed by atoms with van der Waals surface area (Å²) in [6, 6.07) is 7.08. The molecule has 2 atom stereocenters. The number of hydrogen-bond donors (Lipinski definition) is 3. The van der Waals surface area contributed by atoms with Gasteiger partial charge in [0, 0.05) is 23.3 Å². The number of phenols is 3. The van der Waals surface area contributed by atoms with E-state index in [0.29, 0.717) is 41.8 Å². The van der Waals surface area contributed by atoms with Crippen molar-refractivity contribution >= 4 is 11.0 Å². The van der Waals surface area contributed by atoms with Crippen molar-refractivity contribution in [2.75, 3.05) is 6.61 Å². The monoisotopic (exact) mass is 422 g/mol. The molecule has 1 aromatic heterocycles. The SMILES string of the molecule is CC1(C)CCC[C@@H]2COc3cc(O)c4c(=O)cc(-c5ccc(O)c(O)c5)oc4c3C[C@H]21. The first-order valence-corrected chi connectivity index (χ1v) is 10.7. The van der Waals surface area contributed by atoms with Gasteiger partial charge in [0.05, 0.1) is 6.61 Å². The average Bonchev–Trinajstić information content (AvgIpc) is 2.90. The van der Waals surface area contributed by atoms with Crippen LogP contribution in [-0.2, 0) is 6.42 Å². The highest BCUT2D eigenvalue weighted by Gasteiger charge is 2.42. The first-order valence-electron chi connectivity index (χ1n) is 10.7. The van der Waals surface area contributed by atoms with Gasteiger partial charge in [-0.05, 0) is 54.7 Å². The summed E-state index contributed by atoms with van der Waals surface area (Å²) in [6.45, 7) is 5.16. The van der Waals surface area contributed by atoms with Crippen LogP contribution in [0.3, 0.4) is 0 Å². The summed E-state index contributed by atoms with van der Waals surface area (Å²) in [5.41, 5.74) is 1.35. The molecule has 5 rings (SSSR count). The van der Waals surface area contributed by atoms with Crippen molar-refractivity contribution in [2.24, 2.45) is 17.3 Å². The molecule has 6 nitrogen and oxygen atoms in total. The molecule has 0 saturated heterocycles. The molecule has 1 saturated carbocycles. The lowest BCUT2D eigenvalue weighted by Crippen LogP contribution is -2.37. The molecule has 0 unspecified atom stereocenters. The van der Waals surface area contributed by atoms with Crippen molar-refractivity contribution < 1.29 is 24.5 Å². The third kappa shape index (κ3) is 3.21. The zero-order valence-corrected chi connectivity index (χ0v) is 17.6. The van der Waals surface area contributed by atoms with Gasteiger partial charge in [0.2, 0.25) is 0 Å². The second kappa shape index (κ2) is 6.94. The van der Waals surface area contributed by atoms with Crippen LogP contribution in [0, 0.1) is 17.3 Å². The quantitative estimate of drug-likeness (QED) is 0.480. The normalized spacial score (nSPS) is 22.3. The van der Waals surface area contributed by atoms with E-state index < -0.39 is 0 Å². The lowest BCUT2D eigenvalue weighted by atomic mass is 9.62. The van der Waals surface area contributed by atoms with E-state index in [9.17, 15) is 20.1 Å². The zero-order chi connectivity index (χ0) is 21.9. The molecule has 1 aliphatic heterocycles. The Morgan fingerprint density at radius 3 is 2.61 bits per heavy atom. The summed E-state index contributed by atoms with van der Waals surface area (Å²) in [5.74, 6) is 0.891. The minimum absolute atomic E-state index is 0.138.